The van der Waals surface area contributed by atoms with Crippen LogP contribution in [-0.2, 0) is 9.59 Å². The van der Waals surface area contributed by atoms with Crippen LogP contribution in [0.2, 0.25) is 0 Å². The quantitative estimate of drug-likeness (QED) is 0.529. The van der Waals surface area contributed by atoms with Crippen molar-refractivity contribution in [1.82, 2.24) is 15.1 Å². The molecule has 0 bridgehead atoms. The highest BCUT2D eigenvalue weighted by Crippen LogP contribution is 2.31. The molecule has 0 radical (unpaired) electrons. The van der Waals surface area contributed by atoms with Gasteiger partial charge in [0.1, 0.15) is 0 Å². The van der Waals surface area contributed by atoms with Gasteiger partial charge in [-0.15, -0.1) is 6.42 Å². The number of nitrogens with zero attached hydrogens (tertiary/aromatic N) is 2. The number of nitrogens with one attached hydrogen (secondary N) is 1. The lowest BCUT2D eigenvalue weighted by Gasteiger charge is -2.35. The molecule has 0 aromatic carbocycles. The van der Waals surface area contributed by atoms with Gasteiger partial charge in [-0.2, -0.15) is 0 Å². The average Bonchev–Trinajstić information content (AvgIpc) is 3.22. The number of hydrogen-bond acceptors (Lipinski definition) is 3. The van der Waals surface area contributed by atoms with Crippen LogP contribution in [0.4, 0.5) is 0 Å². The van der Waals surface area contributed by atoms with E-state index in [-0.39, 0.29) is 24.3 Å². The predicted molar refractivity (Wildman–Crippen MR) is 67.6 cm³/mol. The zero-order valence-electron chi connectivity index (χ0n) is 10.5. The van der Waals surface area contributed by atoms with Gasteiger partial charge in [-0.05, 0) is 12.8 Å². The summed E-state index contributed by atoms with van der Waals surface area (Å²) >= 11 is 0. The summed E-state index contributed by atoms with van der Waals surface area (Å²) in [5, 5.41) is 2.89. The van der Waals surface area contributed by atoms with Crippen LogP contribution in [0.3, 0.4) is 0 Å². The van der Waals surface area contributed by atoms with Crippen molar-refractivity contribution in [2.45, 2.75) is 12.8 Å². The van der Waals surface area contributed by atoms with Crippen molar-refractivity contribution in [2.75, 3.05) is 39.3 Å². The maximum atomic E-state index is 11.8. The van der Waals surface area contributed by atoms with Crippen molar-refractivity contribution >= 4 is 11.8 Å². The molecule has 0 unspecified atom stereocenters. The van der Waals surface area contributed by atoms with Gasteiger partial charge in [-0.3, -0.25) is 14.9 Å². The van der Waals surface area contributed by atoms with Gasteiger partial charge in [0.15, 0.2) is 0 Å². The molecule has 18 heavy (non-hydrogen) atoms. The number of carbonyl (C=O) groups is 2. The van der Waals surface area contributed by atoms with E-state index in [9.17, 15) is 9.59 Å². The molecule has 1 saturated heterocycles. The summed E-state index contributed by atoms with van der Waals surface area (Å²) in [5.74, 6) is 3.03. The highest BCUT2D eigenvalue weighted by atomic mass is 16.2. The van der Waals surface area contributed by atoms with Crippen molar-refractivity contribution in [3.63, 3.8) is 0 Å². The second-order valence-corrected chi connectivity index (χ2v) is 4.79. The lowest BCUT2D eigenvalue weighted by atomic mass is 10.2. The monoisotopic (exact) mass is 249 g/mol. The van der Waals surface area contributed by atoms with E-state index in [0.29, 0.717) is 32.7 Å². The third kappa shape index (κ3) is 3.23. The van der Waals surface area contributed by atoms with Gasteiger partial charge in [0.05, 0.1) is 13.1 Å². The smallest absolute Gasteiger partial charge is 0.236 e. The summed E-state index contributed by atoms with van der Waals surface area (Å²) in [6.45, 7) is 3.28. The molecule has 2 aliphatic rings. The Bertz CT molecular complexity index is 363. The van der Waals surface area contributed by atoms with Crippen LogP contribution in [0.15, 0.2) is 0 Å². The van der Waals surface area contributed by atoms with Crippen LogP contribution in [0, 0.1) is 18.3 Å². The molecule has 98 valence electrons. The van der Waals surface area contributed by atoms with Crippen molar-refractivity contribution in [2.24, 2.45) is 5.92 Å². The minimum atomic E-state index is 0.0590. The van der Waals surface area contributed by atoms with Crippen molar-refractivity contribution in [3.8, 4) is 12.3 Å². The molecule has 1 N–H and O–H groups in total. The Hall–Kier alpha value is -1.54. The highest BCUT2D eigenvalue weighted by molar-refractivity contribution is 5.82. The van der Waals surface area contributed by atoms with E-state index in [1.54, 1.807) is 4.90 Å². The van der Waals surface area contributed by atoms with E-state index < -0.39 is 0 Å². The molecule has 1 aliphatic heterocycles. The SMILES string of the molecule is C#CCNCC(=O)N1CCN(C(=O)C2CC2)CC1. The van der Waals surface area contributed by atoms with Crippen LogP contribution in [0.25, 0.3) is 0 Å². The Kier molecular flexibility index (Phi) is 4.21. The molecule has 5 nitrogen and oxygen atoms in total. The van der Waals surface area contributed by atoms with Gasteiger partial charge in [0, 0.05) is 32.1 Å². The molecule has 2 fully saturated rings. The van der Waals surface area contributed by atoms with E-state index in [1.807, 2.05) is 4.90 Å². The maximum Gasteiger partial charge on any atom is 0.236 e. The lowest BCUT2D eigenvalue weighted by molar-refractivity contribution is -0.139. The molecule has 2 amide bonds. The summed E-state index contributed by atoms with van der Waals surface area (Å²) in [7, 11) is 0. The first kappa shape index (κ1) is 12.9. The number of carbonyl (C=O) groups excluding carboxylic acids is 2. The number of rotatable bonds is 4. The van der Waals surface area contributed by atoms with Gasteiger partial charge in [0.2, 0.25) is 11.8 Å². The fourth-order valence-electron chi connectivity index (χ4n) is 2.12. The van der Waals surface area contributed by atoms with Gasteiger partial charge in [-0.1, -0.05) is 5.92 Å². The van der Waals surface area contributed by atoms with Crippen LogP contribution in [-0.4, -0.2) is 60.9 Å². The van der Waals surface area contributed by atoms with Crippen LogP contribution < -0.4 is 5.32 Å². The number of hydrogen-bond donors (Lipinski definition) is 1. The van der Waals surface area contributed by atoms with E-state index in [2.05, 4.69) is 11.2 Å². The Balaban J connectivity index is 1.70. The predicted octanol–water partition coefficient (Wildman–Crippen LogP) is -0.710. The second-order valence-electron chi connectivity index (χ2n) is 4.79. The number of terminal acetylenes is 1. The minimum Gasteiger partial charge on any atom is -0.339 e. The maximum absolute atomic E-state index is 11.8. The van der Waals surface area contributed by atoms with E-state index in [0.717, 1.165) is 12.8 Å². The molecule has 1 aliphatic carbocycles. The third-order valence-electron chi connectivity index (χ3n) is 3.37. The fourth-order valence-corrected chi connectivity index (χ4v) is 2.12. The first-order valence-electron chi connectivity index (χ1n) is 6.43. The lowest BCUT2D eigenvalue weighted by Crippen LogP contribution is -2.52. The molecule has 0 atom stereocenters. The molecule has 1 heterocycles. The van der Waals surface area contributed by atoms with Gasteiger partial charge < -0.3 is 9.80 Å². The summed E-state index contributed by atoms with van der Waals surface area (Å²) < 4.78 is 0. The van der Waals surface area contributed by atoms with Crippen molar-refractivity contribution < 1.29 is 9.59 Å². The van der Waals surface area contributed by atoms with Gasteiger partial charge in [-0.25, -0.2) is 0 Å². The van der Waals surface area contributed by atoms with E-state index in [4.69, 9.17) is 6.42 Å². The van der Waals surface area contributed by atoms with Crippen LogP contribution in [0.5, 0.6) is 0 Å². The normalized spacial score (nSPS) is 19.5. The zero-order valence-corrected chi connectivity index (χ0v) is 10.5. The Labute approximate surface area is 107 Å². The minimum absolute atomic E-state index is 0.0590. The number of amides is 2. The molecule has 1 saturated carbocycles. The highest BCUT2D eigenvalue weighted by Gasteiger charge is 2.34. The largest absolute Gasteiger partial charge is 0.339 e. The summed E-state index contributed by atoms with van der Waals surface area (Å²) in [4.78, 5) is 27.3. The third-order valence-corrected chi connectivity index (χ3v) is 3.37. The summed E-state index contributed by atoms with van der Waals surface area (Å²) in [6, 6.07) is 0. The van der Waals surface area contributed by atoms with E-state index in [1.165, 1.54) is 0 Å². The Morgan fingerprint density at radius 3 is 2.33 bits per heavy atom. The average molecular weight is 249 g/mol. The molecule has 0 aromatic heterocycles. The molecular weight excluding hydrogens is 230 g/mol. The first-order chi connectivity index (χ1) is 8.72. The topological polar surface area (TPSA) is 52.7 Å². The standard InChI is InChI=1S/C13H19N3O2/c1-2-5-14-10-12(17)15-6-8-16(9-7-15)13(18)11-3-4-11/h1,11,14H,3-10H2. The van der Waals surface area contributed by atoms with E-state index >= 15 is 0 Å². The summed E-state index contributed by atoms with van der Waals surface area (Å²) in [5.41, 5.74) is 0. The summed E-state index contributed by atoms with van der Waals surface area (Å²) in [6.07, 6.45) is 7.17. The van der Waals surface area contributed by atoms with Crippen molar-refractivity contribution in [3.05, 3.63) is 0 Å². The zero-order chi connectivity index (χ0) is 13.0. The number of piperazine rings is 1. The van der Waals surface area contributed by atoms with Crippen LogP contribution in [0.1, 0.15) is 12.8 Å². The Morgan fingerprint density at radius 1 is 1.17 bits per heavy atom. The Morgan fingerprint density at radius 2 is 1.78 bits per heavy atom. The fraction of sp³-hybridized carbons (Fsp3) is 0.692. The molecule has 5 heteroatoms. The second kappa shape index (κ2) is 5.87. The molecular formula is C13H19N3O2. The molecule has 0 spiro atoms. The van der Waals surface area contributed by atoms with Gasteiger partial charge in [0.25, 0.3) is 0 Å². The first-order valence-corrected chi connectivity index (χ1v) is 6.43. The molecule has 0 aromatic rings. The van der Waals surface area contributed by atoms with Crippen LogP contribution >= 0.6 is 0 Å². The van der Waals surface area contributed by atoms with Gasteiger partial charge >= 0.3 is 0 Å². The van der Waals surface area contributed by atoms with Crippen molar-refractivity contribution in [1.29, 1.82) is 0 Å². The molecule has 2 rings (SSSR count).